The lowest BCUT2D eigenvalue weighted by atomic mass is 9.84. The number of thiophene rings is 1. The molecule has 6 nitrogen and oxygen atoms in total. The van der Waals surface area contributed by atoms with Crippen LogP contribution < -0.4 is 5.32 Å². The summed E-state index contributed by atoms with van der Waals surface area (Å²) in [7, 11) is -3.32. The van der Waals surface area contributed by atoms with Crippen molar-refractivity contribution in [1.82, 2.24) is 15.2 Å². The molecule has 0 radical (unpaired) electrons. The van der Waals surface area contributed by atoms with Gasteiger partial charge in [-0.05, 0) is 37.9 Å². The standard InChI is InChI=1S/C16H19N3O3S2/c1-24(21,22)15-9-23-14-7-17-12(6-11(14)15)16(20)18-13-8-19-4-2-10(13)3-5-19/h6-7,9-10,13H,2-5,8H2,1H3,(H,18,20). The summed E-state index contributed by atoms with van der Waals surface area (Å²) >= 11 is 1.33. The molecule has 1 atom stereocenters. The number of piperidine rings is 3. The monoisotopic (exact) mass is 365 g/mol. The molecule has 5 rings (SSSR count). The Hall–Kier alpha value is -1.51. The van der Waals surface area contributed by atoms with Gasteiger partial charge in [0.05, 0.1) is 9.60 Å². The molecule has 1 N–H and O–H groups in total. The van der Waals surface area contributed by atoms with E-state index in [-0.39, 0.29) is 22.5 Å². The third-order valence-corrected chi connectivity index (χ3v) is 7.25. The van der Waals surface area contributed by atoms with E-state index in [1.807, 2.05) is 0 Å². The van der Waals surface area contributed by atoms with Gasteiger partial charge < -0.3 is 10.2 Å². The molecule has 8 heteroatoms. The quantitative estimate of drug-likeness (QED) is 0.892. The van der Waals surface area contributed by atoms with Crippen molar-refractivity contribution in [3.63, 3.8) is 0 Å². The highest BCUT2D eigenvalue weighted by Crippen LogP contribution is 2.30. The number of carbonyl (C=O) groups excluding carboxylic acids is 1. The van der Waals surface area contributed by atoms with Crippen molar-refractivity contribution in [2.24, 2.45) is 5.92 Å². The molecule has 0 spiro atoms. The first-order chi connectivity index (χ1) is 11.4. The number of rotatable bonds is 3. The fourth-order valence-electron chi connectivity index (χ4n) is 3.69. The van der Waals surface area contributed by atoms with Gasteiger partial charge >= 0.3 is 0 Å². The van der Waals surface area contributed by atoms with Crippen LogP contribution in [0, 0.1) is 5.92 Å². The van der Waals surface area contributed by atoms with Crippen LogP contribution in [0.1, 0.15) is 23.3 Å². The summed E-state index contributed by atoms with van der Waals surface area (Å²) in [6, 6.07) is 1.76. The summed E-state index contributed by atoms with van der Waals surface area (Å²) in [6.45, 7) is 3.13. The average Bonchev–Trinajstić information content (AvgIpc) is 2.99. The first kappa shape index (κ1) is 16.0. The van der Waals surface area contributed by atoms with Crippen LogP contribution in [0.25, 0.3) is 10.1 Å². The maximum Gasteiger partial charge on any atom is 0.270 e. The lowest BCUT2D eigenvalue weighted by molar-refractivity contribution is 0.0618. The molecule has 2 bridgehead atoms. The first-order valence-electron chi connectivity index (χ1n) is 8.02. The second kappa shape index (κ2) is 5.79. The van der Waals surface area contributed by atoms with E-state index in [4.69, 9.17) is 0 Å². The number of pyridine rings is 1. The van der Waals surface area contributed by atoms with E-state index >= 15 is 0 Å². The van der Waals surface area contributed by atoms with Crippen molar-refractivity contribution in [3.05, 3.63) is 23.3 Å². The molecular formula is C16H19N3O3S2. The zero-order valence-electron chi connectivity index (χ0n) is 13.4. The van der Waals surface area contributed by atoms with E-state index < -0.39 is 9.84 Å². The van der Waals surface area contributed by atoms with E-state index in [2.05, 4.69) is 15.2 Å². The fourth-order valence-corrected chi connectivity index (χ4v) is 5.94. The Bertz CT molecular complexity index is 898. The Balaban J connectivity index is 1.60. The topological polar surface area (TPSA) is 79.4 Å². The van der Waals surface area contributed by atoms with Crippen LogP contribution in [0.3, 0.4) is 0 Å². The van der Waals surface area contributed by atoms with E-state index in [0.717, 1.165) is 37.2 Å². The number of fused-ring (bicyclic) bond motifs is 4. The van der Waals surface area contributed by atoms with Gasteiger partial charge in [-0.15, -0.1) is 11.3 Å². The van der Waals surface area contributed by atoms with Crippen LogP contribution in [0.15, 0.2) is 22.5 Å². The van der Waals surface area contributed by atoms with Crippen LogP contribution in [-0.4, -0.2) is 56.1 Å². The van der Waals surface area contributed by atoms with Crippen LogP contribution in [0.4, 0.5) is 0 Å². The van der Waals surface area contributed by atoms with Gasteiger partial charge in [0.15, 0.2) is 9.84 Å². The van der Waals surface area contributed by atoms with E-state index in [0.29, 0.717) is 11.3 Å². The highest BCUT2D eigenvalue weighted by molar-refractivity contribution is 7.91. The number of nitrogens with zero attached hydrogens (tertiary/aromatic N) is 2. The molecule has 128 valence electrons. The summed E-state index contributed by atoms with van der Waals surface area (Å²) < 4.78 is 24.5. The molecule has 0 aliphatic carbocycles. The molecular weight excluding hydrogens is 346 g/mol. The SMILES string of the molecule is CS(=O)(=O)c1csc2cnc(C(=O)NC3CN4CCC3CC4)cc12. The predicted octanol–water partition coefficient (Wildman–Crippen LogP) is 1.52. The highest BCUT2D eigenvalue weighted by atomic mass is 32.2. The van der Waals surface area contributed by atoms with Crippen LogP contribution in [0.2, 0.25) is 0 Å². The normalized spacial score (nSPS) is 26.6. The smallest absolute Gasteiger partial charge is 0.270 e. The number of amides is 1. The Labute approximate surface area is 144 Å². The molecule has 2 aromatic rings. The van der Waals surface area contributed by atoms with Crippen molar-refractivity contribution in [2.45, 2.75) is 23.8 Å². The van der Waals surface area contributed by atoms with E-state index in [9.17, 15) is 13.2 Å². The van der Waals surface area contributed by atoms with Gasteiger partial charge in [-0.3, -0.25) is 4.79 Å². The second-order valence-electron chi connectivity index (χ2n) is 6.66. The lowest BCUT2D eigenvalue weighted by Gasteiger charge is -2.44. The number of sulfone groups is 1. The Morgan fingerprint density at radius 2 is 2.12 bits per heavy atom. The van der Waals surface area contributed by atoms with E-state index in [1.54, 1.807) is 17.6 Å². The molecule has 0 aromatic carbocycles. The van der Waals surface area contributed by atoms with Gasteiger partial charge in [0.2, 0.25) is 0 Å². The van der Waals surface area contributed by atoms with Gasteiger partial charge in [-0.25, -0.2) is 13.4 Å². The molecule has 5 heterocycles. The minimum Gasteiger partial charge on any atom is -0.346 e. The summed E-state index contributed by atoms with van der Waals surface area (Å²) in [5.41, 5.74) is 0.280. The van der Waals surface area contributed by atoms with Crippen molar-refractivity contribution < 1.29 is 13.2 Å². The van der Waals surface area contributed by atoms with Gasteiger partial charge in [-0.2, -0.15) is 0 Å². The molecule has 24 heavy (non-hydrogen) atoms. The fraction of sp³-hybridized carbons (Fsp3) is 0.500. The van der Waals surface area contributed by atoms with Crippen LogP contribution >= 0.6 is 11.3 Å². The number of aromatic nitrogens is 1. The minimum absolute atomic E-state index is 0.161. The summed E-state index contributed by atoms with van der Waals surface area (Å²) in [5, 5.41) is 5.28. The zero-order chi connectivity index (χ0) is 16.9. The van der Waals surface area contributed by atoms with Gasteiger partial charge in [0.1, 0.15) is 5.69 Å². The van der Waals surface area contributed by atoms with Crippen molar-refractivity contribution in [1.29, 1.82) is 0 Å². The third kappa shape index (κ3) is 2.82. The minimum atomic E-state index is -3.32. The molecule has 3 aliphatic heterocycles. The summed E-state index contributed by atoms with van der Waals surface area (Å²) in [5.74, 6) is 0.316. The molecule has 1 unspecified atom stereocenters. The number of hydrogen-bond acceptors (Lipinski definition) is 6. The lowest BCUT2D eigenvalue weighted by Crippen LogP contribution is -2.57. The highest BCUT2D eigenvalue weighted by Gasteiger charge is 2.35. The molecule has 0 saturated carbocycles. The Kier molecular flexibility index (Phi) is 3.85. The third-order valence-electron chi connectivity index (χ3n) is 5.03. The summed E-state index contributed by atoms with van der Waals surface area (Å²) in [6.07, 6.45) is 5.02. The van der Waals surface area contributed by atoms with Crippen LogP contribution in [0.5, 0.6) is 0 Å². The predicted molar refractivity (Wildman–Crippen MR) is 93.1 cm³/mol. The molecule has 3 saturated heterocycles. The maximum absolute atomic E-state index is 12.6. The number of carbonyl (C=O) groups is 1. The first-order valence-corrected chi connectivity index (χ1v) is 10.8. The average molecular weight is 365 g/mol. The zero-order valence-corrected chi connectivity index (χ0v) is 15.0. The van der Waals surface area contributed by atoms with Crippen molar-refractivity contribution in [2.75, 3.05) is 25.9 Å². The number of nitrogens with one attached hydrogen (secondary N) is 1. The molecule has 3 fully saturated rings. The number of hydrogen-bond donors (Lipinski definition) is 1. The van der Waals surface area contributed by atoms with Gasteiger partial charge in [-0.1, -0.05) is 0 Å². The van der Waals surface area contributed by atoms with Crippen molar-refractivity contribution >= 4 is 37.2 Å². The summed E-state index contributed by atoms with van der Waals surface area (Å²) in [4.78, 5) is 19.4. The van der Waals surface area contributed by atoms with E-state index in [1.165, 1.54) is 17.6 Å². The molecule has 3 aliphatic rings. The van der Waals surface area contributed by atoms with Gasteiger partial charge in [0, 0.05) is 35.8 Å². The van der Waals surface area contributed by atoms with Gasteiger partial charge in [0.25, 0.3) is 5.91 Å². The Morgan fingerprint density at radius 3 is 2.75 bits per heavy atom. The van der Waals surface area contributed by atoms with Crippen molar-refractivity contribution in [3.8, 4) is 0 Å². The maximum atomic E-state index is 12.6. The molecule has 1 amide bonds. The Morgan fingerprint density at radius 1 is 1.38 bits per heavy atom. The largest absolute Gasteiger partial charge is 0.346 e. The van der Waals surface area contributed by atoms with Crippen LogP contribution in [-0.2, 0) is 9.84 Å². The molecule has 2 aromatic heterocycles. The second-order valence-corrected chi connectivity index (χ2v) is 9.55.